The molecule has 0 amide bonds. The molecule has 0 radical (unpaired) electrons. The Morgan fingerprint density at radius 3 is 2.72 bits per heavy atom. The van der Waals surface area contributed by atoms with Crippen LogP contribution in [0.5, 0.6) is 0 Å². The van der Waals surface area contributed by atoms with Crippen LogP contribution in [0.1, 0.15) is 44.1 Å². The summed E-state index contributed by atoms with van der Waals surface area (Å²) >= 11 is 3.61. The molecule has 1 aliphatic rings. The smallest absolute Gasteiger partial charge is 0.0578 e. The molecule has 0 N–H and O–H groups in total. The van der Waals surface area contributed by atoms with E-state index in [4.69, 9.17) is 4.74 Å². The van der Waals surface area contributed by atoms with Gasteiger partial charge in [0.05, 0.1) is 12.7 Å². The molecule has 18 heavy (non-hydrogen) atoms. The monoisotopic (exact) mass is 310 g/mol. The van der Waals surface area contributed by atoms with Gasteiger partial charge in [-0.1, -0.05) is 66.0 Å². The van der Waals surface area contributed by atoms with Crippen molar-refractivity contribution < 1.29 is 4.74 Å². The zero-order valence-electron chi connectivity index (χ0n) is 11.1. The molecule has 3 atom stereocenters. The van der Waals surface area contributed by atoms with Crippen LogP contribution in [0.15, 0.2) is 30.3 Å². The van der Waals surface area contributed by atoms with Gasteiger partial charge in [0.2, 0.25) is 0 Å². The van der Waals surface area contributed by atoms with E-state index < -0.39 is 0 Å². The fraction of sp³-hybridized carbons (Fsp3) is 0.625. The van der Waals surface area contributed by atoms with Gasteiger partial charge in [-0.25, -0.2) is 0 Å². The van der Waals surface area contributed by atoms with Crippen LogP contribution in [0.25, 0.3) is 0 Å². The molecule has 2 heteroatoms. The maximum absolute atomic E-state index is 6.13. The van der Waals surface area contributed by atoms with Gasteiger partial charge >= 0.3 is 0 Å². The Bertz CT molecular complexity index is 338. The molecule has 0 spiro atoms. The van der Waals surface area contributed by atoms with Gasteiger partial charge in [-0.2, -0.15) is 0 Å². The van der Waals surface area contributed by atoms with Crippen molar-refractivity contribution in [1.29, 1.82) is 0 Å². The van der Waals surface area contributed by atoms with Gasteiger partial charge < -0.3 is 4.74 Å². The van der Waals surface area contributed by atoms with Crippen molar-refractivity contribution in [3.63, 3.8) is 0 Å². The maximum Gasteiger partial charge on any atom is 0.0578 e. The molecule has 0 aliphatic heterocycles. The molecule has 1 saturated carbocycles. The molecule has 100 valence electrons. The minimum atomic E-state index is 0.475. The molecule has 1 aromatic carbocycles. The number of rotatable bonds is 5. The van der Waals surface area contributed by atoms with E-state index in [0.29, 0.717) is 12.0 Å². The summed E-state index contributed by atoms with van der Waals surface area (Å²) in [4.78, 5) is 0. The van der Waals surface area contributed by atoms with E-state index >= 15 is 0 Å². The summed E-state index contributed by atoms with van der Waals surface area (Å²) in [6.07, 6.45) is 5.67. The number of ether oxygens (including phenoxy) is 1. The van der Waals surface area contributed by atoms with Crippen LogP contribution < -0.4 is 0 Å². The molecular weight excluding hydrogens is 288 g/mol. The van der Waals surface area contributed by atoms with Crippen LogP contribution in [0, 0.1) is 5.92 Å². The molecule has 0 heterocycles. The Morgan fingerprint density at radius 2 is 2.06 bits per heavy atom. The lowest BCUT2D eigenvalue weighted by atomic mass is 9.88. The summed E-state index contributed by atoms with van der Waals surface area (Å²) in [5.41, 5.74) is 1.37. The van der Waals surface area contributed by atoms with Crippen LogP contribution in [-0.2, 0) is 4.74 Å². The highest BCUT2D eigenvalue weighted by molar-refractivity contribution is 9.09. The van der Waals surface area contributed by atoms with Crippen molar-refractivity contribution in [3.8, 4) is 0 Å². The first-order valence-electron chi connectivity index (χ1n) is 7.02. The summed E-state index contributed by atoms with van der Waals surface area (Å²) < 4.78 is 6.13. The average Bonchev–Trinajstić information content (AvgIpc) is 2.41. The largest absolute Gasteiger partial charge is 0.378 e. The molecule has 2 rings (SSSR count). The molecule has 1 nitrogen and oxygen atoms in total. The molecule has 0 aromatic heterocycles. The van der Waals surface area contributed by atoms with E-state index in [9.17, 15) is 0 Å². The predicted octanol–water partition coefficient (Wildman–Crippen LogP) is 4.76. The summed E-state index contributed by atoms with van der Waals surface area (Å²) in [5, 5.41) is 0.972. The van der Waals surface area contributed by atoms with Gasteiger partial charge in [-0.3, -0.25) is 0 Å². The first kappa shape index (κ1) is 14.1. The lowest BCUT2D eigenvalue weighted by molar-refractivity contribution is 0.0104. The minimum Gasteiger partial charge on any atom is -0.378 e. The number of hydrogen-bond donors (Lipinski definition) is 0. The Kier molecular flexibility index (Phi) is 5.71. The van der Waals surface area contributed by atoms with Gasteiger partial charge in [-0.15, -0.1) is 0 Å². The Hall–Kier alpha value is -0.340. The molecule has 1 aliphatic carbocycles. The average molecular weight is 311 g/mol. The molecule has 0 bridgehead atoms. The Morgan fingerprint density at radius 1 is 1.28 bits per heavy atom. The van der Waals surface area contributed by atoms with Gasteiger partial charge in [0.15, 0.2) is 0 Å². The Balaban J connectivity index is 1.84. The SMILES string of the molecule is CC1CCCC(OCC(CBr)c2ccccc2)C1. The van der Waals surface area contributed by atoms with Crippen molar-refractivity contribution >= 4 is 15.9 Å². The highest BCUT2D eigenvalue weighted by Crippen LogP contribution is 2.27. The van der Waals surface area contributed by atoms with Gasteiger partial charge in [0.25, 0.3) is 0 Å². The molecular formula is C16H23BrO. The molecule has 0 saturated heterocycles. The first-order chi connectivity index (χ1) is 8.79. The molecule has 3 unspecified atom stereocenters. The number of hydrogen-bond acceptors (Lipinski definition) is 1. The Labute approximate surface area is 119 Å². The third-order valence-electron chi connectivity index (χ3n) is 3.88. The summed E-state index contributed by atoms with van der Waals surface area (Å²) in [6.45, 7) is 3.18. The van der Waals surface area contributed by atoms with E-state index in [1.807, 2.05) is 0 Å². The fourth-order valence-electron chi connectivity index (χ4n) is 2.74. The minimum absolute atomic E-state index is 0.475. The van der Waals surface area contributed by atoms with Crippen molar-refractivity contribution in [2.24, 2.45) is 5.92 Å². The number of halogens is 1. The highest BCUT2D eigenvalue weighted by atomic mass is 79.9. The lowest BCUT2D eigenvalue weighted by Crippen LogP contribution is -2.24. The van der Waals surface area contributed by atoms with Gasteiger partial charge in [-0.05, 0) is 24.3 Å². The van der Waals surface area contributed by atoms with Crippen LogP contribution in [0.4, 0.5) is 0 Å². The molecule has 1 aromatic rings. The fourth-order valence-corrected chi connectivity index (χ4v) is 3.30. The van der Waals surface area contributed by atoms with E-state index in [2.05, 4.69) is 53.2 Å². The van der Waals surface area contributed by atoms with Crippen LogP contribution in [0.2, 0.25) is 0 Å². The third kappa shape index (κ3) is 4.10. The molecule has 1 fully saturated rings. The summed E-state index contributed by atoms with van der Waals surface area (Å²) in [6, 6.07) is 10.7. The van der Waals surface area contributed by atoms with E-state index in [1.54, 1.807) is 0 Å². The number of benzene rings is 1. The number of alkyl halides is 1. The summed E-state index contributed by atoms with van der Waals surface area (Å²) in [5.74, 6) is 1.31. The topological polar surface area (TPSA) is 9.23 Å². The second kappa shape index (κ2) is 7.30. The third-order valence-corrected chi connectivity index (χ3v) is 4.66. The van der Waals surface area contributed by atoms with Gasteiger partial charge in [0, 0.05) is 11.2 Å². The van der Waals surface area contributed by atoms with E-state index in [1.165, 1.54) is 31.2 Å². The predicted molar refractivity (Wildman–Crippen MR) is 80.3 cm³/mol. The zero-order chi connectivity index (χ0) is 12.8. The zero-order valence-corrected chi connectivity index (χ0v) is 12.7. The van der Waals surface area contributed by atoms with E-state index in [-0.39, 0.29) is 0 Å². The van der Waals surface area contributed by atoms with E-state index in [0.717, 1.165) is 17.9 Å². The van der Waals surface area contributed by atoms with Crippen molar-refractivity contribution in [2.75, 3.05) is 11.9 Å². The van der Waals surface area contributed by atoms with Crippen LogP contribution >= 0.6 is 15.9 Å². The standard InChI is InChI=1S/C16H23BrO/c1-13-6-5-9-16(10-13)18-12-15(11-17)14-7-3-2-4-8-14/h2-4,7-8,13,15-16H,5-6,9-12H2,1H3. The van der Waals surface area contributed by atoms with Crippen molar-refractivity contribution in [1.82, 2.24) is 0 Å². The van der Waals surface area contributed by atoms with Crippen LogP contribution in [-0.4, -0.2) is 18.0 Å². The normalized spacial score (nSPS) is 25.9. The maximum atomic E-state index is 6.13. The lowest BCUT2D eigenvalue weighted by Gasteiger charge is -2.28. The van der Waals surface area contributed by atoms with Gasteiger partial charge in [0.1, 0.15) is 0 Å². The van der Waals surface area contributed by atoms with Crippen LogP contribution in [0.3, 0.4) is 0 Å². The second-order valence-electron chi connectivity index (χ2n) is 5.49. The van der Waals surface area contributed by atoms with Crippen molar-refractivity contribution in [2.45, 2.75) is 44.6 Å². The summed E-state index contributed by atoms with van der Waals surface area (Å²) in [7, 11) is 0. The highest BCUT2D eigenvalue weighted by Gasteiger charge is 2.20. The first-order valence-corrected chi connectivity index (χ1v) is 8.14. The second-order valence-corrected chi connectivity index (χ2v) is 6.14. The quantitative estimate of drug-likeness (QED) is 0.712. The van der Waals surface area contributed by atoms with Crippen molar-refractivity contribution in [3.05, 3.63) is 35.9 Å².